The van der Waals surface area contributed by atoms with Crippen LogP contribution >= 0.6 is 0 Å². The predicted octanol–water partition coefficient (Wildman–Crippen LogP) is 4.89. The number of piperidine rings is 1. The Morgan fingerprint density at radius 1 is 1.14 bits per heavy atom. The number of benzene rings is 2. The molecule has 4 aromatic rings. The molecule has 0 bridgehead atoms. The fourth-order valence-electron chi connectivity index (χ4n) is 5.26. The molecule has 9 heteroatoms. The smallest absolute Gasteiger partial charge is 0.295 e. The summed E-state index contributed by atoms with van der Waals surface area (Å²) in [4.78, 5) is 11.8. The highest BCUT2D eigenvalue weighted by molar-refractivity contribution is 6.09. The van der Waals surface area contributed by atoms with E-state index >= 15 is 0 Å². The van der Waals surface area contributed by atoms with Gasteiger partial charge >= 0.3 is 0 Å². The second-order valence-corrected chi connectivity index (χ2v) is 9.94. The number of hydrogen-bond donors (Lipinski definition) is 2. The summed E-state index contributed by atoms with van der Waals surface area (Å²) in [6.07, 6.45) is 4.01. The lowest BCUT2D eigenvalue weighted by atomic mass is 9.87. The number of fused-ring (bicyclic) bond motifs is 3. The second kappa shape index (κ2) is 9.37. The van der Waals surface area contributed by atoms with Gasteiger partial charge in [0.1, 0.15) is 18.2 Å². The van der Waals surface area contributed by atoms with Crippen LogP contribution in [-0.2, 0) is 13.0 Å². The van der Waals surface area contributed by atoms with Crippen LogP contribution in [-0.4, -0.2) is 56.5 Å². The van der Waals surface area contributed by atoms with E-state index in [1.807, 2.05) is 31.8 Å². The molecule has 0 amide bonds. The van der Waals surface area contributed by atoms with Crippen LogP contribution in [0.15, 0.2) is 36.5 Å². The minimum Gasteiger partial charge on any atom is -0.390 e. The number of nitrogens with one attached hydrogen (secondary N) is 1. The van der Waals surface area contributed by atoms with E-state index < -0.39 is 12.5 Å². The molecule has 2 aromatic heterocycles. The zero-order valence-electron chi connectivity index (χ0n) is 21.1. The Hall–Kier alpha value is -3.17. The monoisotopic (exact) mass is 494 g/mol. The number of nitrogens with zero attached hydrogens (tertiary/aromatic N) is 5. The molecule has 5 rings (SSSR count). The summed E-state index contributed by atoms with van der Waals surface area (Å²) in [6.45, 7) is 4.63. The molecule has 1 fully saturated rings. The summed E-state index contributed by atoms with van der Waals surface area (Å²) >= 11 is 0. The molecule has 0 spiro atoms. The molecule has 36 heavy (non-hydrogen) atoms. The first-order valence-corrected chi connectivity index (χ1v) is 12.3. The minimum absolute atomic E-state index is 0.207. The molecule has 1 aliphatic rings. The third-order valence-electron chi connectivity index (χ3n) is 7.34. The average Bonchev–Trinajstić information content (AvgIpc) is 3.26. The molecule has 3 heterocycles. The Labute approximate surface area is 209 Å². The maximum Gasteiger partial charge on any atom is 0.295 e. The largest absolute Gasteiger partial charge is 0.390 e. The minimum atomic E-state index is -3.29. The van der Waals surface area contributed by atoms with Crippen LogP contribution in [0.1, 0.15) is 54.2 Å². The first kappa shape index (κ1) is 24.5. The Morgan fingerprint density at radius 3 is 2.61 bits per heavy atom. The normalized spacial score (nSPS) is 16.6. The molecule has 2 aromatic carbocycles. The Balaban J connectivity index is 1.59. The Kier molecular flexibility index (Phi) is 6.38. The Bertz CT molecular complexity index is 1410. The summed E-state index contributed by atoms with van der Waals surface area (Å²) in [5, 5.41) is 19.0. The van der Waals surface area contributed by atoms with Gasteiger partial charge in [-0.3, -0.25) is 4.68 Å². The molecule has 2 N–H and O–H groups in total. The zero-order valence-corrected chi connectivity index (χ0v) is 21.1. The van der Waals surface area contributed by atoms with Gasteiger partial charge in [-0.05, 0) is 76.0 Å². The van der Waals surface area contributed by atoms with Crippen molar-refractivity contribution in [2.75, 3.05) is 32.1 Å². The van der Waals surface area contributed by atoms with Crippen molar-refractivity contribution in [3.05, 3.63) is 59.0 Å². The number of hydrogen-bond acceptors (Lipinski definition) is 6. The molecule has 7 nitrogen and oxygen atoms in total. The van der Waals surface area contributed by atoms with E-state index in [9.17, 15) is 8.78 Å². The van der Waals surface area contributed by atoms with Crippen LogP contribution in [0.2, 0.25) is 0 Å². The zero-order chi connectivity index (χ0) is 25.6. The Morgan fingerprint density at radius 2 is 1.89 bits per heavy atom. The maximum absolute atomic E-state index is 14.1. The fourth-order valence-corrected chi connectivity index (χ4v) is 5.26. The van der Waals surface area contributed by atoms with Gasteiger partial charge in [-0.15, -0.1) is 0 Å². The molecule has 1 unspecified atom stereocenters. The van der Waals surface area contributed by atoms with Crippen molar-refractivity contribution in [2.45, 2.75) is 44.6 Å². The fraction of sp³-hybridized carbons (Fsp3) is 0.444. The van der Waals surface area contributed by atoms with E-state index in [0.717, 1.165) is 47.7 Å². The van der Waals surface area contributed by atoms with Crippen LogP contribution in [0.4, 0.5) is 14.6 Å². The van der Waals surface area contributed by atoms with Gasteiger partial charge < -0.3 is 15.3 Å². The lowest BCUT2D eigenvalue weighted by molar-refractivity contribution is -0.0556. The van der Waals surface area contributed by atoms with Gasteiger partial charge in [0.2, 0.25) is 0 Å². The molecular formula is C27H32F2N6O. The number of alkyl halides is 2. The molecule has 0 saturated carbocycles. The number of rotatable bonds is 6. The predicted molar refractivity (Wildman–Crippen MR) is 137 cm³/mol. The van der Waals surface area contributed by atoms with Gasteiger partial charge in [-0.25, -0.2) is 9.97 Å². The van der Waals surface area contributed by atoms with Crippen LogP contribution in [0.25, 0.3) is 21.8 Å². The van der Waals surface area contributed by atoms with E-state index in [4.69, 9.17) is 15.1 Å². The van der Waals surface area contributed by atoms with E-state index in [2.05, 4.69) is 28.4 Å². The summed E-state index contributed by atoms with van der Waals surface area (Å²) < 4.78 is 30.2. The SMILES string of the molecule is Cc1nc(NC(C)c2cccc(C(F)(F)CO)c2)c2cc(C3CCN(C)CC3)c3c(cnn3C)c2n1. The van der Waals surface area contributed by atoms with Gasteiger partial charge in [0.25, 0.3) is 5.92 Å². The number of anilines is 1. The van der Waals surface area contributed by atoms with E-state index in [1.54, 1.807) is 12.1 Å². The average molecular weight is 495 g/mol. The van der Waals surface area contributed by atoms with Gasteiger partial charge in [-0.1, -0.05) is 18.2 Å². The number of aliphatic hydroxyl groups excluding tert-OH is 1. The number of aliphatic hydroxyl groups is 1. The van der Waals surface area contributed by atoms with Gasteiger partial charge in [0.05, 0.1) is 17.2 Å². The highest BCUT2D eigenvalue weighted by Gasteiger charge is 2.31. The first-order chi connectivity index (χ1) is 17.2. The lowest BCUT2D eigenvalue weighted by Crippen LogP contribution is -2.29. The third kappa shape index (κ3) is 4.41. The maximum atomic E-state index is 14.1. The van der Waals surface area contributed by atoms with Crippen molar-refractivity contribution in [1.29, 1.82) is 0 Å². The van der Waals surface area contributed by atoms with Crippen molar-refractivity contribution >= 4 is 27.6 Å². The topological polar surface area (TPSA) is 79.1 Å². The molecular weight excluding hydrogens is 462 g/mol. The molecule has 0 aliphatic carbocycles. The second-order valence-electron chi connectivity index (χ2n) is 9.94. The van der Waals surface area contributed by atoms with Crippen molar-refractivity contribution in [3.63, 3.8) is 0 Å². The standard InChI is InChI=1S/C27H32F2N6O/c1-16(19-6-5-7-20(12-19)27(28,29)15-36)31-26-22-13-21(18-8-10-34(3)11-9-18)25-23(14-30-35(25)4)24(22)32-17(2)33-26/h5-7,12-14,16,18,36H,8-11,15H2,1-4H3,(H,31,32,33). The summed E-state index contributed by atoms with van der Waals surface area (Å²) in [6, 6.07) is 8.06. The number of likely N-dealkylation sites (tertiary alicyclic amines) is 1. The van der Waals surface area contributed by atoms with Crippen LogP contribution in [0, 0.1) is 6.92 Å². The number of aromatic nitrogens is 4. The molecule has 1 saturated heterocycles. The van der Waals surface area contributed by atoms with E-state index in [0.29, 0.717) is 23.1 Å². The van der Waals surface area contributed by atoms with Crippen LogP contribution in [0.3, 0.4) is 0 Å². The van der Waals surface area contributed by atoms with Gasteiger partial charge in [-0.2, -0.15) is 13.9 Å². The number of aryl methyl sites for hydroxylation is 2. The van der Waals surface area contributed by atoms with Gasteiger partial charge in [0.15, 0.2) is 0 Å². The summed E-state index contributed by atoms with van der Waals surface area (Å²) in [7, 11) is 4.12. The quantitative estimate of drug-likeness (QED) is 0.397. The van der Waals surface area contributed by atoms with Crippen molar-refractivity contribution < 1.29 is 13.9 Å². The third-order valence-corrected chi connectivity index (χ3v) is 7.34. The molecule has 1 aliphatic heterocycles. The molecule has 190 valence electrons. The number of halogens is 2. The first-order valence-electron chi connectivity index (χ1n) is 12.3. The highest BCUT2D eigenvalue weighted by atomic mass is 19.3. The van der Waals surface area contributed by atoms with Gasteiger partial charge in [0, 0.05) is 29.4 Å². The molecule has 1 atom stereocenters. The van der Waals surface area contributed by atoms with Crippen molar-refractivity contribution in [3.8, 4) is 0 Å². The van der Waals surface area contributed by atoms with Crippen LogP contribution in [0.5, 0.6) is 0 Å². The summed E-state index contributed by atoms with van der Waals surface area (Å²) in [5.74, 6) is -1.59. The molecule has 0 radical (unpaired) electrons. The van der Waals surface area contributed by atoms with Crippen LogP contribution < -0.4 is 5.32 Å². The van der Waals surface area contributed by atoms with E-state index in [-0.39, 0.29) is 11.6 Å². The highest BCUT2D eigenvalue weighted by Crippen LogP contribution is 2.39. The summed E-state index contributed by atoms with van der Waals surface area (Å²) in [5.41, 5.74) is 3.66. The van der Waals surface area contributed by atoms with Crippen molar-refractivity contribution in [2.24, 2.45) is 7.05 Å². The van der Waals surface area contributed by atoms with Crippen molar-refractivity contribution in [1.82, 2.24) is 24.6 Å². The lowest BCUT2D eigenvalue weighted by Gasteiger charge is -2.30. The van der Waals surface area contributed by atoms with E-state index in [1.165, 1.54) is 17.7 Å².